The van der Waals surface area contributed by atoms with Crippen molar-refractivity contribution in [2.45, 2.75) is 119 Å². The van der Waals surface area contributed by atoms with Crippen LogP contribution in [0.4, 0.5) is 0 Å². The zero-order chi connectivity index (χ0) is 23.5. The molecule has 11 atom stereocenters. The Hall–Kier alpha value is -0.340. The van der Waals surface area contributed by atoms with Crippen LogP contribution in [-0.4, -0.2) is 22.4 Å². The topological polar surface area (TPSA) is 40.5 Å². The van der Waals surface area contributed by atoms with E-state index >= 15 is 0 Å². The van der Waals surface area contributed by atoms with E-state index in [4.69, 9.17) is 0 Å². The van der Waals surface area contributed by atoms with Crippen molar-refractivity contribution in [1.82, 2.24) is 0 Å². The molecule has 5 aliphatic rings. The predicted octanol–water partition coefficient (Wildman–Crippen LogP) is 7.00. The number of aliphatic hydroxyl groups excluding tert-OH is 2. The molecule has 0 bridgehead atoms. The molecule has 2 heteroatoms. The van der Waals surface area contributed by atoms with E-state index in [2.05, 4.69) is 61.5 Å². The Balaban J connectivity index is 1.61. The molecule has 0 spiro atoms. The fraction of sp³-hybridized carbons (Fsp3) is 0.933. The summed E-state index contributed by atoms with van der Waals surface area (Å²) in [4.78, 5) is 0. The Kier molecular flexibility index (Phi) is 5.02. The van der Waals surface area contributed by atoms with Gasteiger partial charge in [-0.05, 0) is 103 Å². The minimum atomic E-state index is -0.199. The van der Waals surface area contributed by atoms with Crippen molar-refractivity contribution in [3.05, 3.63) is 11.6 Å². The number of hydrogen-bond acceptors (Lipinski definition) is 2. The van der Waals surface area contributed by atoms with Gasteiger partial charge in [-0.2, -0.15) is 0 Å². The van der Waals surface area contributed by atoms with Crippen molar-refractivity contribution < 1.29 is 10.2 Å². The molecule has 0 saturated heterocycles. The zero-order valence-electron chi connectivity index (χ0n) is 22.2. The number of allylic oxidation sites excluding steroid dienone is 2. The average molecular weight is 443 g/mol. The molecule has 5 rings (SSSR count). The molecule has 2 N–H and O–H groups in total. The summed E-state index contributed by atoms with van der Waals surface area (Å²) >= 11 is 0. The van der Waals surface area contributed by atoms with E-state index in [9.17, 15) is 10.2 Å². The Morgan fingerprint density at radius 2 is 1.44 bits per heavy atom. The molecular formula is C30H50O2. The molecule has 32 heavy (non-hydrogen) atoms. The number of hydrogen-bond donors (Lipinski definition) is 2. The van der Waals surface area contributed by atoms with E-state index < -0.39 is 0 Å². The molecule has 4 fully saturated rings. The molecule has 5 aliphatic carbocycles. The van der Waals surface area contributed by atoms with Crippen LogP contribution in [0.5, 0.6) is 0 Å². The third-order valence-corrected chi connectivity index (χ3v) is 13.5. The van der Waals surface area contributed by atoms with E-state index in [1.807, 2.05) is 0 Å². The first-order chi connectivity index (χ1) is 14.7. The molecule has 0 aromatic rings. The van der Waals surface area contributed by atoms with Gasteiger partial charge in [-0.15, -0.1) is 0 Å². The van der Waals surface area contributed by atoms with Crippen LogP contribution in [0, 0.1) is 56.7 Å². The van der Waals surface area contributed by atoms with E-state index in [0.717, 1.165) is 25.2 Å². The summed E-state index contributed by atoms with van der Waals surface area (Å²) in [6, 6.07) is 0. The van der Waals surface area contributed by atoms with Crippen molar-refractivity contribution in [3.63, 3.8) is 0 Å². The summed E-state index contributed by atoms with van der Waals surface area (Å²) in [5, 5.41) is 22.6. The number of fused-ring (bicyclic) bond motifs is 7. The van der Waals surface area contributed by atoms with Crippen molar-refractivity contribution >= 4 is 0 Å². The van der Waals surface area contributed by atoms with Crippen LogP contribution in [0.1, 0.15) is 107 Å². The van der Waals surface area contributed by atoms with Gasteiger partial charge in [-0.25, -0.2) is 0 Å². The van der Waals surface area contributed by atoms with Crippen LogP contribution >= 0.6 is 0 Å². The van der Waals surface area contributed by atoms with Gasteiger partial charge in [0.25, 0.3) is 0 Å². The van der Waals surface area contributed by atoms with Crippen LogP contribution in [0.25, 0.3) is 0 Å². The lowest BCUT2D eigenvalue weighted by Crippen LogP contribution is -2.66. The lowest BCUT2D eigenvalue weighted by atomic mass is 9.33. The highest BCUT2D eigenvalue weighted by Gasteiger charge is 2.69. The largest absolute Gasteiger partial charge is 0.393 e. The molecule has 0 aromatic carbocycles. The Morgan fingerprint density at radius 1 is 0.781 bits per heavy atom. The van der Waals surface area contributed by atoms with E-state index in [-0.39, 0.29) is 39.3 Å². The number of rotatable bonds is 0. The SMILES string of the molecule is C[C@H]1[C@H](C)CC[C@@]2(C)[C@@H]1C1=CC[C@@H]3[C@@]4(C)CC[C@H](O)C(C)(C)[C@H]4CC[C@@]3(C)[C@]1(C)C[C@@H]2O. The molecular weight excluding hydrogens is 392 g/mol. The summed E-state index contributed by atoms with van der Waals surface area (Å²) in [5.74, 6) is 3.13. The molecule has 0 unspecified atom stereocenters. The molecule has 4 saturated carbocycles. The molecule has 0 amide bonds. The van der Waals surface area contributed by atoms with E-state index in [1.165, 1.54) is 32.1 Å². The second-order valence-corrected chi connectivity index (χ2v) is 14.7. The molecule has 0 aromatic heterocycles. The first-order valence-electron chi connectivity index (χ1n) is 13.8. The third kappa shape index (κ3) is 2.61. The van der Waals surface area contributed by atoms with Crippen LogP contribution < -0.4 is 0 Å². The maximum atomic E-state index is 11.7. The van der Waals surface area contributed by atoms with E-state index in [0.29, 0.717) is 23.7 Å². The van der Waals surface area contributed by atoms with Crippen molar-refractivity contribution in [2.24, 2.45) is 56.7 Å². The highest BCUT2D eigenvalue weighted by Crippen LogP contribution is 2.75. The van der Waals surface area contributed by atoms with Gasteiger partial charge < -0.3 is 10.2 Å². The Bertz CT molecular complexity index is 814. The Morgan fingerprint density at radius 3 is 2.12 bits per heavy atom. The lowest BCUT2D eigenvalue weighted by molar-refractivity contribution is -0.215. The molecule has 0 heterocycles. The van der Waals surface area contributed by atoms with E-state index in [1.54, 1.807) is 5.57 Å². The van der Waals surface area contributed by atoms with Gasteiger partial charge in [-0.1, -0.05) is 67.0 Å². The quantitative estimate of drug-likeness (QED) is 0.397. The standard InChI is InChI=1S/C30H50O2/c1-18-11-14-28(6)24(32)17-30(8)20(25(28)19(18)2)9-10-22-27(5)15-13-23(31)26(3,4)21(27)12-16-29(22,30)7/h9,18-19,21-25,31-32H,10-17H2,1-8H3/t18-,19+,21-,22-,23+,24+,25+,27+,28-,29-,30-/m1/s1. The third-order valence-electron chi connectivity index (χ3n) is 13.5. The van der Waals surface area contributed by atoms with Gasteiger partial charge in [-0.3, -0.25) is 0 Å². The summed E-state index contributed by atoms with van der Waals surface area (Å²) in [6.07, 6.45) is 11.4. The highest BCUT2D eigenvalue weighted by molar-refractivity contribution is 5.35. The summed E-state index contributed by atoms with van der Waals surface area (Å²) in [6.45, 7) is 19.7. The van der Waals surface area contributed by atoms with Crippen molar-refractivity contribution in [3.8, 4) is 0 Å². The smallest absolute Gasteiger partial charge is 0.0608 e. The van der Waals surface area contributed by atoms with Crippen LogP contribution in [0.2, 0.25) is 0 Å². The molecule has 2 nitrogen and oxygen atoms in total. The molecule has 0 radical (unpaired) electrons. The van der Waals surface area contributed by atoms with Gasteiger partial charge in [0.05, 0.1) is 12.2 Å². The molecule has 182 valence electrons. The van der Waals surface area contributed by atoms with Crippen molar-refractivity contribution in [2.75, 3.05) is 0 Å². The van der Waals surface area contributed by atoms with Crippen molar-refractivity contribution in [1.29, 1.82) is 0 Å². The fourth-order valence-corrected chi connectivity index (χ4v) is 10.9. The summed E-state index contributed by atoms with van der Waals surface area (Å²) in [7, 11) is 0. The average Bonchev–Trinajstić information content (AvgIpc) is 2.70. The van der Waals surface area contributed by atoms with Crippen LogP contribution in [0.15, 0.2) is 11.6 Å². The van der Waals surface area contributed by atoms with Gasteiger partial charge in [0, 0.05) is 5.41 Å². The van der Waals surface area contributed by atoms with Gasteiger partial charge in [0.1, 0.15) is 0 Å². The molecule has 0 aliphatic heterocycles. The van der Waals surface area contributed by atoms with Crippen LogP contribution in [-0.2, 0) is 0 Å². The fourth-order valence-electron chi connectivity index (χ4n) is 10.9. The minimum absolute atomic E-state index is 0.00278. The first-order valence-corrected chi connectivity index (χ1v) is 13.8. The maximum Gasteiger partial charge on any atom is 0.0608 e. The lowest BCUT2D eigenvalue weighted by Gasteiger charge is -2.72. The Labute approximate surface area is 197 Å². The van der Waals surface area contributed by atoms with Gasteiger partial charge in [0.15, 0.2) is 0 Å². The second-order valence-electron chi connectivity index (χ2n) is 14.7. The first kappa shape index (κ1) is 23.4. The normalized spacial score (nSPS) is 59.2. The minimum Gasteiger partial charge on any atom is -0.393 e. The van der Waals surface area contributed by atoms with Gasteiger partial charge >= 0.3 is 0 Å². The van der Waals surface area contributed by atoms with Gasteiger partial charge in [0.2, 0.25) is 0 Å². The second kappa shape index (κ2) is 6.87. The summed E-state index contributed by atoms with van der Waals surface area (Å²) < 4.78 is 0. The maximum absolute atomic E-state index is 11.7. The highest BCUT2D eigenvalue weighted by atomic mass is 16.3. The summed E-state index contributed by atoms with van der Waals surface area (Å²) in [5.41, 5.74) is 2.34. The van der Waals surface area contributed by atoms with Crippen LogP contribution in [0.3, 0.4) is 0 Å². The monoisotopic (exact) mass is 442 g/mol. The predicted molar refractivity (Wildman–Crippen MR) is 132 cm³/mol. The number of aliphatic hydroxyl groups is 2. The zero-order valence-corrected chi connectivity index (χ0v) is 22.2.